The van der Waals surface area contributed by atoms with E-state index in [1.54, 1.807) is 0 Å². The molecular formula is C7H10Cl2O2. The molecular weight excluding hydrogens is 187 g/mol. The summed E-state index contributed by atoms with van der Waals surface area (Å²) in [5.41, 5.74) is 0. The van der Waals surface area contributed by atoms with Crippen LogP contribution in [0.2, 0.25) is 0 Å². The molecule has 0 amide bonds. The molecule has 0 aromatic heterocycles. The molecule has 1 saturated carbocycles. The normalized spacial score (nSPS) is 38.5. The Labute approximate surface area is 75.5 Å². The van der Waals surface area contributed by atoms with Crippen molar-refractivity contribution in [1.82, 2.24) is 0 Å². The van der Waals surface area contributed by atoms with Gasteiger partial charge in [-0.2, -0.15) is 0 Å². The number of aliphatic carboxylic acids is 1. The first-order valence-corrected chi connectivity index (χ1v) is 4.42. The van der Waals surface area contributed by atoms with E-state index in [9.17, 15) is 4.79 Å². The lowest BCUT2D eigenvalue weighted by atomic mass is 9.88. The van der Waals surface area contributed by atoms with Crippen LogP contribution in [0.25, 0.3) is 0 Å². The van der Waals surface area contributed by atoms with Gasteiger partial charge in [-0.15, -0.1) is 23.2 Å². The number of halogens is 2. The Kier molecular flexibility index (Phi) is 2.66. The maximum absolute atomic E-state index is 10.6. The number of rotatable bonds is 1. The summed E-state index contributed by atoms with van der Waals surface area (Å²) in [5.74, 6) is -0.914. The Hall–Kier alpha value is 0.0500. The molecule has 64 valence electrons. The molecule has 1 fully saturated rings. The monoisotopic (exact) mass is 196 g/mol. The van der Waals surface area contributed by atoms with Crippen LogP contribution < -0.4 is 0 Å². The van der Waals surface area contributed by atoms with Crippen molar-refractivity contribution < 1.29 is 9.90 Å². The number of carboxylic acid groups (broad SMARTS) is 1. The number of hydrogen-bond donors (Lipinski definition) is 1. The zero-order valence-corrected chi connectivity index (χ0v) is 7.53. The van der Waals surface area contributed by atoms with E-state index in [0.717, 1.165) is 0 Å². The van der Waals surface area contributed by atoms with Gasteiger partial charge in [-0.1, -0.05) is 0 Å². The molecule has 0 heterocycles. The van der Waals surface area contributed by atoms with Crippen LogP contribution in [-0.4, -0.2) is 21.3 Å². The van der Waals surface area contributed by atoms with Gasteiger partial charge in [-0.05, 0) is 25.7 Å². The summed E-state index contributed by atoms with van der Waals surface area (Å²) in [5, 5.41) is 8.82. The Morgan fingerprint density at radius 1 is 1.45 bits per heavy atom. The van der Waals surface area contributed by atoms with E-state index in [0.29, 0.717) is 25.7 Å². The quantitative estimate of drug-likeness (QED) is 0.654. The van der Waals surface area contributed by atoms with Crippen LogP contribution in [-0.2, 0) is 4.79 Å². The Bertz CT molecular complexity index is 162. The molecule has 1 N–H and O–H groups in total. The van der Waals surface area contributed by atoms with Crippen LogP contribution in [0.4, 0.5) is 0 Å². The van der Waals surface area contributed by atoms with Crippen molar-refractivity contribution in [2.45, 2.75) is 35.9 Å². The maximum atomic E-state index is 10.6. The average Bonchev–Trinajstić information content (AvgIpc) is 1.95. The molecule has 0 bridgehead atoms. The van der Waals surface area contributed by atoms with Crippen LogP contribution in [0.3, 0.4) is 0 Å². The van der Waals surface area contributed by atoms with Gasteiger partial charge in [0.1, 0.15) is 4.87 Å². The molecule has 0 unspecified atom stereocenters. The standard InChI is InChI=1S/C7H10Cl2O2/c8-5-1-3-7(9,4-2-5)6(10)11/h5H,1-4H2,(H,10,11). The SMILES string of the molecule is O=C(O)C1(Cl)CCC(Cl)CC1. The zero-order valence-electron chi connectivity index (χ0n) is 6.02. The summed E-state index contributed by atoms with van der Waals surface area (Å²) < 4.78 is 0. The van der Waals surface area contributed by atoms with E-state index in [2.05, 4.69) is 0 Å². The van der Waals surface area contributed by atoms with Crippen LogP contribution in [0.15, 0.2) is 0 Å². The molecule has 1 rings (SSSR count). The Morgan fingerprint density at radius 2 is 1.91 bits per heavy atom. The zero-order chi connectivity index (χ0) is 8.48. The fourth-order valence-corrected chi connectivity index (χ4v) is 1.69. The largest absolute Gasteiger partial charge is 0.480 e. The molecule has 0 radical (unpaired) electrons. The third-order valence-electron chi connectivity index (χ3n) is 2.09. The fourth-order valence-electron chi connectivity index (χ4n) is 1.25. The van der Waals surface area contributed by atoms with Gasteiger partial charge in [-0.3, -0.25) is 4.79 Å². The number of carboxylic acids is 1. The summed E-state index contributed by atoms with van der Waals surface area (Å²) >= 11 is 11.6. The summed E-state index contributed by atoms with van der Waals surface area (Å²) in [4.78, 5) is 9.57. The number of hydrogen-bond acceptors (Lipinski definition) is 1. The minimum Gasteiger partial charge on any atom is -0.480 e. The molecule has 1 aliphatic rings. The minimum absolute atomic E-state index is 0.112. The van der Waals surface area contributed by atoms with Crippen LogP contribution in [0, 0.1) is 0 Å². The first-order chi connectivity index (χ1) is 5.04. The highest BCUT2D eigenvalue weighted by Gasteiger charge is 2.39. The van der Waals surface area contributed by atoms with E-state index in [1.165, 1.54) is 0 Å². The summed E-state index contributed by atoms with van der Waals surface area (Å²) in [6, 6.07) is 0. The molecule has 1 aliphatic carbocycles. The molecule has 2 nitrogen and oxygen atoms in total. The maximum Gasteiger partial charge on any atom is 0.324 e. The van der Waals surface area contributed by atoms with Crippen LogP contribution >= 0.6 is 23.2 Å². The molecule has 11 heavy (non-hydrogen) atoms. The lowest BCUT2D eigenvalue weighted by Crippen LogP contribution is -2.36. The smallest absolute Gasteiger partial charge is 0.324 e. The second kappa shape index (κ2) is 3.20. The van der Waals surface area contributed by atoms with Crippen molar-refractivity contribution >= 4 is 29.2 Å². The van der Waals surface area contributed by atoms with Gasteiger partial charge in [0.25, 0.3) is 0 Å². The van der Waals surface area contributed by atoms with Crippen molar-refractivity contribution in [3.05, 3.63) is 0 Å². The van der Waals surface area contributed by atoms with E-state index >= 15 is 0 Å². The first kappa shape index (κ1) is 9.14. The second-order valence-electron chi connectivity index (χ2n) is 2.95. The van der Waals surface area contributed by atoms with Gasteiger partial charge in [0.15, 0.2) is 0 Å². The summed E-state index contributed by atoms with van der Waals surface area (Å²) in [7, 11) is 0. The average molecular weight is 197 g/mol. The summed E-state index contributed by atoms with van der Waals surface area (Å²) in [6.45, 7) is 0. The highest BCUT2D eigenvalue weighted by molar-refractivity contribution is 6.34. The Balaban J connectivity index is 2.55. The molecule has 0 saturated heterocycles. The Morgan fingerprint density at radius 3 is 2.27 bits per heavy atom. The minimum atomic E-state index is -1.04. The third kappa shape index (κ3) is 2.00. The van der Waals surface area contributed by atoms with Crippen molar-refractivity contribution in [3.63, 3.8) is 0 Å². The molecule has 0 spiro atoms. The van der Waals surface area contributed by atoms with Gasteiger partial charge >= 0.3 is 5.97 Å². The lowest BCUT2D eigenvalue weighted by Gasteiger charge is -2.28. The molecule has 0 atom stereocenters. The van der Waals surface area contributed by atoms with E-state index < -0.39 is 10.8 Å². The van der Waals surface area contributed by atoms with Crippen LogP contribution in [0.5, 0.6) is 0 Å². The fraction of sp³-hybridized carbons (Fsp3) is 0.857. The topological polar surface area (TPSA) is 37.3 Å². The number of alkyl halides is 2. The van der Waals surface area contributed by atoms with Gasteiger partial charge in [0.2, 0.25) is 0 Å². The van der Waals surface area contributed by atoms with E-state index in [-0.39, 0.29) is 5.38 Å². The van der Waals surface area contributed by atoms with E-state index in [4.69, 9.17) is 28.3 Å². The second-order valence-corrected chi connectivity index (χ2v) is 4.29. The predicted octanol–water partition coefficient (Wildman–Crippen LogP) is 2.23. The first-order valence-electron chi connectivity index (χ1n) is 3.61. The molecule has 0 aromatic rings. The third-order valence-corrected chi connectivity index (χ3v) is 3.07. The van der Waals surface area contributed by atoms with E-state index in [1.807, 2.05) is 0 Å². The molecule has 0 aromatic carbocycles. The number of carbonyl (C=O) groups is 1. The lowest BCUT2D eigenvalue weighted by molar-refractivity contribution is -0.141. The van der Waals surface area contributed by atoms with Crippen molar-refractivity contribution in [2.75, 3.05) is 0 Å². The van der Waals surface area contributed by atoms with Crippen molar-refractivity contribution in [2.24, 2.45) is 0 Å². The van der Waals surface area contributed by atoms with Gasteiger partial charge in [0.05, 0.1) is 0 Å². The van der Waals surface area contributed by atoms with Crippen LogP contribution in [0.1, 0.15) is 25.7 Å². The predicted molar refractivity (Wildman–Crippen MR) is 44.3 cm³/mol. The highest BCUT2D eigenvalue weighted by atomic mass is 35.5. The molecule has 4 heteroatoms. The molecule has 0 aliphatic heterocycles. The highest BCUT2D eigenvalue weighted by Crippen LogP contribution is 2.36. The van der Waals surface area contributed by atoms with Gasteiger partial charge in [-0.25, -0.2) is 0 Å². The van der Waals surface area contributed by atoms with Crippen molar-refractivity contribution in [1.29, 1.82) is 0 Å². The van der Waals surface area contributed by atoms with Gasteiger partial charge in [0, 0.05) is 5.38 Å². The van der Waals surface area contributed by atoms with Crippen molar-refractivity contribution in [3.8, 4) is 0 Å². The van der Waals surface area contributed by atoms with Gasteiger partial charge < -0.3 is 5.11 Å². The summed E-state index contributed by atoms with van der Waals surface area (Å²) in [6.07, 6.45) is 2.38.